The minimum atomic E-state index is 0.925. The van der Waals surface area contributed by atoms with Crippen LogP contribution in [0.1, 0.15) is 0 Å². The molecule has 0 N–H and O–H groups in total. The molecule has 2 heterocycles. The average molecular weight is 169 g/mol. The van der Waals surface area contributed by atoms with Crippen LogP contribution in [0.5, 0.6) is 11.5 Å². The Morgan fingerprint density at radius 1 is 1.00 bits per heavy atom. The van der Waals surface area contributed by atoms with E-state index >= 15 is 0 Å². The van der Waals surface area contributed by atoms with Gasteiger partial charge in [-0.25, -0.2) is 0 Å². The first kappa shape index (κ1) is 6.66. The Kier molecular flexibility index (Phi) is 1.19. The van der Waals surface area contributed by atoms with Gasteiger partial charge in [-0.1, -0.05) is 30.3 Å². The molecule has 3 rings (SSSR count). The van der Waals surface area contributed by atoms with Gasteiger partial charge in [-0.2, -0.15) is 0 Å². The van der Waals surface area contributed by atoms with Gasteiger partial charge in [-0.05, 0) is 0 Å². The van der Waals surface area contributed by atoms with Gasteiger partial charge in [0.25, 0.3) is 0 Å². The number of nitrogens with zero attached hydrogens (tertiary/aromatic N) is 1. The Labute approximate surface area is 75.8 Å². The van der Waals surface area contributed by atoms with Crippen molar-refractivity contribution in [3.8, 4) is 22.8 Å². The number of fused-ring (bicyclic) bond motifs is 1. The van der Waals surface area contributed by atoms with Gasteiger partial charge in [0.2, 0.25) is 0 Å². The molecule has 0 amide bonds. The Balaban J connectivity index is 2.18. The summed E-state index contributed by atoms with van der Waals surface area (Å²) in [6.45, 7) is 0. The van der Waals surface area contributed by atoms with Crippen LogP contribution in [0, 0.1) is 0 Å². The maximum absolute atomic E-state index is 5.26. The summed E-state index contributed by atoms with van der Waals surface area (Å²) in [6, 6.07) is 11.9. The van der Waals surface area contributed by atoms with E-state index in [9.17, 15) is 0 Å². The molecule has 2 aromatic rings. The van der Waals surface area contributed by atoms with E-state index in [1.54, 1.807) is 6.20 Å². The predicted molar refractivity (Wildman–Crippen MR) is 49.7 cm³/mol. The Morgan fingerprint density at radius 3 is 2.69 bits per heavy atom. The Morgan fingerprint density at radius 2 is 1.85 bits per heavy atom. The summed E-state index contributed by atoms with van der Waals surface area (Å²) in [7, 11) is 0. The molecule has 0 atom stereocenters. The highest BCUT2D eigenvalue weighted by Crippen LogP contribution is 2.50. The largest absolute Gasteiger partial charge is 0.447 e. The Bertz CT molecular complexity index is 451. The van der Waals surface area contributed by atoms with Crippen LogP contribution in [0.2, 0.25) is 0 Å². The standard InChI is InChI=1S/C11H7NO/c1-2-4-8(5-3-1)10-11-9(13-11)6-7-12-10/h1-7H. The van der Waals surface area contributed by atoms with E-state index in [-0.39, 0.29) is 0 Å². The minimum Gasteiger partial charge on any atom is -0.447 e. The van der Waals surface area contributed by atoms with Gasteiger partial charge in [0.15, 0.2) is 11.5 Å². The highest BCUT2D eigenvalue weighted by atomic mass is 16.6. The van der Waals surface area contributed by atoms with Crippen LogP contribution in [0.4, 0.5) is 0 Å². The first-order valence-electron chi connectivity index (χ1n) is 4.17. The number of rotatable bonds is 1. The summed E-state index contributed by atoms with van der Waals surface area (Å²) in [5, 5.41) is 0. The van der Waals surface area contributed by atoms with Crippen molar-refractivity contribution in [1.29, 1.82) is 0 Å². The topological polar surface area (TPSA) is 25.4 Å². The van der Waals surface area contributed by atoms with Gasteiger partial charge < -0.3 is 4.74 Å². The van der Waals surface area contributed by atoms with Crippen molar-refractivity contribution < 1.29 is 4.74 Å². The molecule has 1 aromatic carbocycles. The highest BCUT2D eigenvalue weighted by Gasteiger charge is 2.25. The SMILES string of the molecule is c1ccc(-c2nccc3c2O3)cc1. The molecule has 13 heavy (non-hydrogen) atoms. The lowest BCUT2D eigenvalue weighted by molar-refractivity contribution is 0.650. The van der Waals surface area contributed by atoms with Crippen molar-refractivity contribution in [1.82, 2.24) is 4.98 Å². The average Bonchev–Trinajstić information content (AvgIpc) is 2.97. The first-order chi connectivity index (χ1) is 6.45. The van der Waals surface area contributed by atoms with E-state index in [0.717, 1.165) is 22.8 Å². The number of pyridine rings is 1. The number of aromatic nitrogens is 1. The third-order valence-electron chi connectivity index (χ3n) is 2.09. The zero-order valence-corrected chi connectivity index (χ0v) is 6.90. The molecule has 62 valence electrons. The summed E-state index contributed by atoms with van der Waals surface area (Å²) in [5.74, 6) is 1.88. The summed E-state index contributed by atoms with van der Waals surface area (Å²) in [6.07, 6.45) is 1.77. The fourth-order valence-corrected chi connectivity index (χ4v) is 1.40. The van der Waals surface area contributed by atoms with Gasteiger partial charge in [0.1, 0.15) is 5.69 Å². The van der Waals surface area contributed by atoms with Gasteiger partial charge in [-0.3, -0.25) is 4.98 Å². The van der Waals surface area contributed by atoms with Gasteiger partial charge in [0.05, 0.1) is 0 Å². The quantitative estimate of drug-likeness (QED) is 0.523. The van der Waals surface area contributed by atoms with E-state index in [2.05, 4.69) is 4.98 Å². The first-order valence-corrected chi connectivity index (χ1v) is 4.17. The smallest absolute Gasteiger partial charge is 0.196 e. The van der Waals surface area contributed by atoms with Crippen LogP contribution in [-0.4, -0.2) is 4.98 Å². The maximum Gasteiger partial charge on any atom is 0.196 e. The molecule has 2 nitrogen and oxygen atoms in total. The molecule has 0 bridgehead atoms. The minimum absolute atomic E-state index is 0.925. The normalized spacial score (nSPS) is 11.7. The van der Waals surface area contributed by atoms with Gasteiger partial charge >= 0.3 is 0 Å². The second-order valence-electron chi connectivity index (χ2n) is 2.95. The molecule has 0 radical (unpaired) electrons. The number of benzene rings is 1. The number of hydrogen-bond donors (Lipinski definition) is 0. The van der Waals surface area contributed by atoms with Crippen molar-refractivity contribution in [3.05, 3.63) is 42.6 Å². The second kappa shape index (κ2) is 2.33. The fourth-order valence-electron chi connectivity index (χ4n) is 1.40. The summed E-state index contributed by atoms with van der Waals surface area (Å²) in [5.41, 5.74) is 2.05. The number of hydrogen-bond acceptors (Lipinski definition) is 2. The molecule has 0 unspecified atom stereocenters. The third kappa shape index (κ3) is 0.991. The van der Waals surface area contributed by atoms with E-state index < -0.39 is 0 Å². The maximum atomic E-state index is 5.26. The van der Waals surface area contributed by atoms with E-state index in [1.165, 1.54) is 0 Å². The monoisotopic (exact) mass is 169 g/mol. The molecule has 0 saturated heterocycles. The van der Waals surface area contributed by atoms with Crippen LogP contribution < -0.4 is 4.74 Å². The van der Waals surface area contributed by atoms with Crippen molar-refractivity contribution in [3.63, 3.8) is 0 Å². The zero-order valence-electron chi connectivity index (χ0n) is 6.90. The van der Waals surface area contributed by atoms with Crippen molar-refractivity contribution in [2.75, 3.05) is 0 Å². The molecule has 0 spiro atoms. The highest BCUT2D eigenvalue weighted by molar-refractivity contribution is 5.75. The molecule has 1 aromatic heterocycles. The Hall–Kier alpha value is -1.83. The lowest BCUT2D eigenvalue weighted by atomic mass is 10.1. The molecule has 1 aliphatic rings. The molecule has 2 heteroatoms. The van der Waals surface area contributed by atoms with Gasteiger partial charge in [0, 0.05) is 17.8 Å². The lowest BCUT2D eigenvalue weighted by Crippen LogP contribution is -1.77. The van der Waals surface area contributed by atoms with Crippen LogP contribution in [0.3, 0.4) is 0 Å². The molecule has 1 aliphatic heterocycles. The van der Waals surface area contributed by atoms with Gasteiger partial charge in [-0.15, -0.1) is 0 Å². The van der Waals surface area contributed by atoms with E-state index in [4.69, 9.17) is 4.74 Å². The number of ether oxygens (including phenoxy) is 1. The third-order valence-corrected chi connectivity index (χ3v) is 2.09. The summed E-state index contributed by atoms with van der Waals surface area (Å²) < 4.78 is 5.26. The van der Waals surface area contributed by atoms with Crippen LogP contribution in [0.25, 0.3) is 11.3 Å². The molecular weight excluding hydrogens is 162 g/mol. The van der Waals surface area contributed by atoms with E-state index in [1.807, 2.05) is 36.4 Å². The van der Waals surface area contributed by atoms with Crippen LogP contribution in [-0.2, 0) is 0 Å². The van der Waals surface area contributed by atoms with E-state index in [0.29, 0.717) is 0 Å². The fraction of sp³-hybridized carbons (Fsp3) is 0. The zero-order chi connectivity index (χ0) is 8.67. The molecule has 0 aliphatic carbocycles. The van der Waals surface area contributed by atoms with Crippen molar-refractivity contribution >= 4 is 0 Å². The van der Waals surface area contributed by atoms with Crippen LogP contribution in [0.15, 0.2) is 42.6 Å². The molecule has 0 fully saturated rings. The van der Waals surface area contributed by atoms with Crippen molar-refractivity contribution in [2.45, 2.75) is 0 Å². The predicted octanol–water partition coefficient (Wildman–Crippen LogP) is 2.85. The molecule has 0 saturated carbocycles. The van der Waals surface area contributed by atoms with Crippen molar-refractivity contribution in [2.24, 2.45) is 0 Å². The summed E-state index contributed by atoms with van der Waals surface area (Å²) in [4.78, 5) is 4.28. The second-order valence-corrected chi connectivity index (χ2v) is 2.95. The lowest BCUT2D eigenvalue weighted by Gasteiger charge is -1.95. The summed E-state index contributed by atoms with van der Waals surface area (Å²) >= 11 is 0. The molecular formula is C11H7NO. The van der Waals surface area contributed by atoms with Crippen LogP contribution >= 0.6 is 0 Å².